The summed E-state index contributed by atoms with van der Waals surface area (Å²) in [7, 11) is 0. The third kappa shape index (κ3) is 6.71. The first-order valence-electron chi connectivity index (χ1n) is 9.47. The van der Waals surface area contributed by atoms with Gasteiger partial charge in [-0.3, -0.25) is 19.3 Å². The number of carbonyl (C=O) groups is 4. The van der Waals surface area contributed by atoms with Crippen molar-refractivity contribution in [1.82, 2.24) is 25.4 Å². The summed E-state index contributed by atoms with van der Waals surface area (Å²) >= 11 is 6.29. The van der Waals surface area contributed by atoms with Gasteiger partial charge in [-0.2, -0.15) is 0 Å². The number of nitrogen functional groups attached to an aromatic ring is 1. The summed E-state index contributed by atoms with van der Waals surface area (Å²) < 4.78 is 1.16. The molecule has 4 heterocycles. The van der Waals surface area contributed by atoms with Gasteiger partial charge < -0.3 is 26.7 Å². The number of carboxylic acid groups (broad SMARTS) is 1. The van der Waals surface area contributed by atoms with E-state index >= 15 is 0 Å². The molecule has 180 valence electrons. The molecule has 2 atom stereocenters. The molecule has 0 saturated carbocycles. The summed E-state index contributed by atoms with van der Waals surface area (Å²) in [5.74, 6) is -2.12. The maximum Gasteiger partial charge on any atom is 1.00 e. The molecule has 1 saturated heterocycles. The Bertz CT molecular complexity index is 1190. The Kier molecular flexibility index (Phi) is 9.90. The Morgan fingerprint density at radius 2 is 1.97 bits per heavy atom. The summed E-state index contributed by atoms with van der Waals surface area (Å²) in [6.45, 7) is 0. The minimum atomic E-state index is -1.45. The predicted molar refractivity (Wildman–Crippen MR) is 128 cm³/mol. The molecule has 2 aliphatic heterocycles. The van der Waals surface area contributed by atoms with Gasteiger partial charge in [-0.05, 0) is 5.57 Å². The first-order chi connectivity index (χ1) is 16.2. The van der Waals surface area contributed by atoms with Crippen molar-refractivity contribution in [3.8, 4) is 0 Å². The number of anilines is 1. The molecule has 5 N–H and O–H groups in total. The van der Waals surface area contributed by atoms with Crippen molar-refractivity contribution >= 4 is 86.8 Å². The van der Waals surface area contributed by atoms with E-state index in [9.17, 15) is 24.3 Å². The number of amides is 3. The molecule has 18 heteroatoms. The molecule has 2 aromatic heterocycles. The molecule has 12 nitrogen and oxygen atoms in total. The average Bonchev–Trinajstić information content (AvgIpc) is 3.42. The van der Waals surface area contributed by atoms with Gasteiger partial charge in [0.2, 0.25) is 11.8 Å². The van der Waals surface area contributed by atoms with Gasteiger partial charge >= 0.3 is 29.6 Å². The molecular weight excluding hydrogens is 566 g/mol. The number of primary amides is 1. The molecular formula is C17H16N7NaO5S5. The van der Waals surface area contributed by atoms with Crippen LogP contribution in [0.3, 0.4) is 0 Å². The van der Waals surface area contributed by atoms with E-state index < -0.39 is 35.1 Å². The van der Waals surface area contributed by atoms with E-state index in [-0.39, 0.29) is 53.2 Å². The molecule has 0 aliphatic carbocycles. The minimum Gasteiger partial charge on any atom is -0.543 e. The van der Waals surface area contributed by atoms with Gasteiger partial charge in [-0.15, -0.1) is 33.3 Å². The predicted octanol–water partition coefficient (Wildman–Crippen LogP) is -4.10. The molecule has 0 bridgehead atoms. The van der Waals surface area contributed by atoms with E-state index in [1.165, 1.54) is 62.9 Å². The maximum atomic E-state index is 12.7. The third-order valence-electron chi connectivity index (χ3n) is 4.56. The zero-order valence-electron chi connectivity index (χ0n) is 18.1. The summed E-state index contributed by atoms with van der Waals surface area (Å²) in [6.07, 6.45) is -0.0263. The van der Waals surface area contributed by atoms with Gasteiger partial charge in [-0.1, -0.05) is 34.9 Å². The molecule has 0 aromatic carbocycles. The minimum absolute atomic E-state index is 0. The van der Waals surface area contributed by atoms with Crippen molar-refractivity contribution < 1.29 is 53.8 Å². The Morgan fingerprint density at radius 3 is 2.60 bits per heavy atom. The number of carboxylic acids is 1. The van der Waals surface area contributed by atoms with E-state index in [0.29, 0.717) is 30.8 Å². The van der Waals surface area contributed by atoms with Gasteiger partial charge in [0, 0.05) is 16.9 Å². The number of nitrogens with zero attached hydrogens (tertiary/aromatic N) is 4. The molecule has 35 heavy (non-hydrogen) atoms. The smallest absolute Gasteiger partial charge is 0.543 e. The normalized spacial score (nSPS) is 19.0. The molecule has 2 unspecified atom stereocenters. The van der Waals surface area contributed by atoms with Gasteiger partial charge in [0.1, 0.15) is 11.4 Å². The van der Waals surface area contributed by atoms with Crippen molar-refractivity contribution in [3.05, 3.63) is 22.3 Å². The number of hydrogen-bond acceptors (Lipinski definition) is 14. The average molecular weight is 582 g/mol. The van der Waals surface area contributed by atoms with Gasteiger partial charge in [0.25, 0.3) is 5.91 Å². The number of hydrogen-bond donors (Lipinski definition) is 3. The van der Waals surface area contributed by atoms with Crippen LogP contribution in [0.1, 0.15) is 5.69 Å². The summed E-state index contributed by atoms with van der Waals surface area (Å²) in [6, 6.07) is -0.829. The number of carbonyl (C=O) groups excluding carboxylic acids is 4. The maximum absolute atomic E-state index is 12.7. The second kappa shape index (κ2) is 12.3. The van der Waals surface area contributed by atoms with Crippen molar-refractivity contribution in [2.45, 2.75) is 26.5 Å². The Labute approximate surface area is 241 Å². The molecule has 4 rings (SSSR count). The standard InChI is InChI=1S/C17H17N7O5S5.Na/c18-8(25)5-33-17-23-22-16(34-17)32-3-6-2-30-13-10(12(27)24(13)11(6)14(28)29)21-9(26)1-7-4-31-15(19)20-7;/h4,10,13H,1-3,5H2,(H2,18,25)(H2,19,20)(H,21,26)(H,28,29);/q;+1/p-1. The van der Waals surface area contributed by atoms with Crippen LogP contribution in [0.25, 0.3) is 0 Å². The second-order valence-corrected chi connectivity index (χ2v) is 12.3. The zero-order valence-corrected chi connectivity index (χ0v) is 24.2. The summed E-state index contributed by atoms with van der Waals surface area (Å²) in [5, 5.41) is 24.0. The number of fused-ring (bicyclic) bond motifs is 1. The van der Waals surface area contributed by atoms with Crippen LogP contribution in [0.15, 0.2) is 25.3 Å². The van der Waals surface area contributed by atoms with Crippen LogP contribution in [0.2, 0.25) is 0 Å². The van der Waals surface area contributed by atoms with Crippen LogP contribution in [-0.2, 0) is 25.6 Å². The number of thioether (sulfide) groups is 3. The first-order valence-corrected chi connectivity index (χ1v) is 14.2. The van der Waals surface area contributed by atoms with E-state index in [0.717, 1.165) is 0 Å². The molecule has 2 aliphatic rings. The van der Waals surface area contributed by atoms with E-state index in [4.69, 9.17) is 11.5 Å². The Morgan fingerprint density at radius 1 is 1.26 bits per heavy atom. The number of nitrogens with two attached hydrogens (primary N) is 2. The van der Waals surface area contributed by atoms with Crippen LogP contribution in [0.5, 0.6) is 0 Å². The monoisotopic (exact) mass is 581 g/mol. The number of aromatic nitrogens is 3. The van der Waals surface area contributed by atoms with Gasteiger partial charge in [0.05, 0.1) is 29.5 Å². The fourth-order valence-electron chi connectivity index (χ4n) is 3.17. The van der Waals surface area contributed by atoms with Crippen LogP contribution < -0.4 is 51.4 Å². The largest absolute Gasteiger partial charge is 1.00 e. The van der Waals surface area contributed by atoms with Crippen LogP contribution >= 0.6 is 58.0 Å². The number of β-lactam (4-membered cyclic amide) rings is 1. The number of thiazole rings is 1. The molecule has 1 fully saturated rings. The Hall–Kier alpha value is -1.34. The fraction of sp³-hybridized carbons (Fsp3) is 0.353. The first kappa shape index (κ1) is 28.2. The van der Waals surface area contributed by atoms with Gasteiger partial charge in [0.15, 0.2) is 13.8 Å². The summed E-state index contributed by atoms with van der Waals surface area (Å²) in [4.78, 5) is 53.0. The SMILES string of the molecule is NC(=O)CSc1nnc(SCC2=C(C(=O)[O-])N3C(=O)C(NC(=O)Cc4csc(N)n4)C3SC2)s1.[Na+]. The second-order valence-electron chi connectivity index (χ2n) is 6.93. The van der Waals surface area contributed by atoms with Crippen molar-refractivity contribution in [2.24, 2.45) is 5.73 Å². The third-order valence-corrected chi connectivity index (χ3v) is 9.92. The van der Waals surface area contributed by atoms with Crippen molar-refractivity contribution in [3.63, 3.8) is 0 Å². The molecule has 2 aromatic rings. The molecule has 0 radical (unpaired) electrons. The number of rotatable bonds is 10. The number of nitrogens with one attached hydrogen (secondary N) is 1. The van der Waals surface area contributed by atoms with Crippen LogP contribution in [-0.4, -0.2) is 72.4 Å². The fourth-order valence-corrected chi connectivity index (χ4v) is 7.98. The molecule has 0 spiro atoms. The van der Waals surface area contributed by atoms with E-state index in [2.05, 4.69) is 20.5 Å². The topological polar surface area (TPSA) is 197 Å². The molecule has 3 amide bonds. The van der Waals surface area contributed by atoms with Crippen LogP contribution in [0.4, 0.5) is 5.13 Å². The Balaban J connectivity index is 0.00000342. The quantitative estimate of drug-likeness (QED) is 0.139. The summed E-state index contributed by atoms with van der Waals surface area (Å²) in [5.41, 5.74) is 11.5. The van der Waals surface area contributed by atoms with E-state index in [1.807, 2.05) is 0 Å². The van der Waals surface area contributed by atoms with Crippen molar-refractivity contribution in [1.29, 1.82) is 0 Å². The zero-order chi connectivity index (χ0) is 24.4. The van der Waals surface area contributed by atoms with Crippen molar-refractivity contribution in [2.75, 3.05) is 23.0 Å². The van der Waals surface area contributed by atoms with Gasteiger partial charge in [-0.25, -0.2) is 4.98 Å². The van der Waals surface area contributed by atoms with Crippen LogP contribution in [0, 0.1) is 0 Å². The number of aliphatic carboxylic acids is 1. The van der Waals surface area contributed by atoms with E-state index in [1.54, 1.807) is 5.38 Å².